The summed E-state index contributed by atoms with van der Waals surface area (Å²) in [6.45, 7) is 0. The zero-order chi connectivity index (χ0) is 52.9. The third-order valence-electron chi connectivity index (χ3n) is 12.0. The topological polar surface area (TPSA) is 208 Å². The monoisotopic (exact) mass is 1250 g/mol. The van der Waals surface area contributed by atoms with Crippen LogP contribution in [0.25, 0.3) is 54.4 Å². The first kappa shape index (κ1) is 59.2. The van der Waals surface area contributed by atoms with Crippen molar-refractivity contribution in [2.45, 2.75) is 0 Å². The number of aromatic nitrogens is 4. The van der Waals surface area contributed by atoms with Crippen LogP contribution in [0.4, 0.5) is 11.4 Å². The number of benzene rings is 8. The summed E-state index contributed by atoms with van der Waals surface area (Å²) in [4.78, 5) is 33.9. The Morgan fingerprint density at radius 1 is 0.321 bits per heavy atom. The number of anilines is 2. The van der Waals surface area contributed by atoms with E-state index in [-0.39, 0.29) is 44.8 Å². The summed E-state index contributed by atoms with van der Waals surface area (Å²) in [6, 6.07) is 81.3. The standard InChI is InChI=1S/C36H32N2P2.2C12H8N2.2Ag.2NO3/c1-5-15-29(16-6-1)39(30-17-7-2-8-18-30)27-37-35-25-13-24-34-33(35)23-14-26-36(34)38-28-40(31-19-9-3-10-20-31)32-21-11-4-12-22-32;2*1-3-9-5-6-10-4-2-8-14-12(10)11(9)13-7-1;;;2*2-1(3)4/h1-26,37-38H,27-28H2;2*1-8H;;;;/q;;;2*+1;2*-1/p+2. The van der Waals surface area contributed by atoms with Gasteiger partial charge in [0.2, 0.25) is 0 Å². The van der Waals surface area contributed by atoms with Crippen LogP contribution in [0.15, 0.2) is 255 Å². The Hall–Kier alpha value is -8.00. The van der Waals surface area contributed by atoms with Crippen LogP contribution in [0, 0.1) is 30.6 Å². The summed E-state index contributed by atoms with van der Waals surface area (Å²) in [5.74, 6) is 0. The SMILES string of the molecule is O=[N+]([O-])[O-].O=[N+]([O-])[O-].[Ag+].[Ag+].c1ccc([PH+](CNc2cccc3c(NC[PH+](c4ccccc4)c4ccccc4)cccc23)c2ccccc2)cc1.c1cnc2c(c1)ccc1cccnc12.c1cnc2c(c1)ccc1cccnc12. The molecule has 0 fully saturated rings. The van der Waals surface area contributed by atoms with Gasteiger partial charge >= 0.3 is 44.8 Å². The van der Waals surface area contributed by atoms with E-state index < -0.39 is 26.0 Å². The predicted octanol–water partition coefficient (Wildman–Crippen LogP) is 12.4. The molecule has 0 saturated carbocycles. The average Bonchev–Trinajstić information content (AvgIpc) is 3.51. The Kier molecular flexibility index (Phi) is 23.3. The molecule has 0 spiro atoms. The fourth-order valence-electron chi connectivity index (χ4n) is 8.64. The van der Waals surface area contributed by atoms with Gasteiger partial charge in [0.1, 0.15) is 12.6 Å². The van der Waals surface area contributed by atoms with Crippen LogP contribution in [-0.2, 0) is 44.8 Å². The van der Waals surface area contributed by atoms with Crippen molar-refractivity contribution in [1.29, 1.82) is 0 Å². The zero-order valence-electron chi connectivity index (χ0n) is 41.4. The molecule has 0 radical (unpaired) electrons. The van der Waals surface area contributed by atoms with E-state index in [4.69, 9.17) is 30.6 Å². The minimum atomic E-state index is -1.75. The molecule has 0 aliphatic heterocycles. The van der Waals surface area contributed by atoms with Crippen molar-refractivity contribution < 1.29 is 54.9 Å². The third-order valence-corrected chi connectivity index (χ3v) is 17.2. The molecular formula is C60H50Ag2N8O6P2+2. The van der Waals surface area contributed by atoms with Crippen LogP contribution in [0.3, 0.4) is 0 Å². The normalized spacial score (nSPS) is 10.2. The first-order chi connectivity index (χ1) is 37.2. The Bertz CT molecular complexity index is 3370. The first-order valence-electron chi connectivity index (χ1n) is 24.0. The molecule has 78 heavy (non-hydrogen) atoms. The number of hydrogen-bond acceptors (Lipinski definition) is 12. The third kappa shape index (κ3) is 16.5. The van der Waals surface area contributed by atoms with E-state index in [1.54, 1.807) is 24.8 Å². The second-order valence-electron chi connectivity index (χ2n) is 16.7. The molecule has 8 aromatic carbocycles. The van der Waals surface area contributed by atoms with Crippen molar-refractivity contribution in [2.75, 3.05) is 23.2 Å². The van der Waals surface area contributed by atoms with Gasteiger partial charge in [-0.1, -0.05) is 146 Å². The van der Waals surface area contributed by atoms with Gasteiger partial charge in [0, 0.05) is 68.5 Å². The van der Waals surface area contributed by atoms with Crippen LogP contribution in [0.1, 0.15) is 0 Å². The van der Waals surface area contributed by atoms with Crippen molar-refractivity contribution in [3.63, 3.8) is 0 Å². The Balaban J connectivity index is 0.000000209. The number of hydrogen-bond donors (Lipinski definition) is 2. The van der Waals surface area contributed by atoms with Gasteiger partial charge in [0.05, 0.1) is 69.3 Å². The fourth-order valence-corrected chi connectivity index (χ4v) is 13.2. The van der Waals surface area contributed by atoms with Crippen LogP contribution >= 0.6 is 15.8 Å². The second-order valence-corrected chi connectivity index (χ2v) is 21.6. The van der Waals surface area contributed by atoms with E-state index in [0.29, 0.717) is 0 Å². The molecule has 18 heteroatoms. The van der Waals surface area contributed by atoms with Crippen LogP contribution in [0.2, 0.25) is 0 Å². The smallest absolute Gasteiger partial charge is 0.356 e. The predicted molar refractivity (Wildman–Crippen MR) is 317 cm³/mol. The van der Waals surface area contributed by atoms with E-state index in [1.165, 1.54) is 43.4 Å². The van der Waals surface area contributed by atoms with Crippen molar-refractivity contribution in [3.05, 3.63) is 286 Å². The summed E-state index contributed by atoms with van der Waals surface area (Å²) >= 11 is 0. The molecule has 0 amide bonds. The number of nitrogens with zero attached hydrogens (tertiary/aromatic N) is 6. The van der Waals surface area contributed by atoms with Crippen LogP contribution < -0.4 is 31.9 Å². The molecule has 4 heterocycles. The number of rotatable bonds is 10. The Morgan fingerprint density at radius 3 is 0.808 bits per heavy atom. The van der Waals surface area contributed by atoms with Gasteiger partial charge in [-0.15, -0.1) is 0 Å². The molecule has 396 valence electrons. The van der Waals surface area contributed by atoms with Gasteiger partial charge in [0.25, 0.3) is 0 Å². The van der Waals surface area contributed by atoms with E-state index in [9.17, 15) is 0 Å². The van der Waals surface area contributed by atoms with Crippen molar-refractivity contribution in [3.8, 4) is 0 Å². The summed E-state index contributed by atoms with van der Waals surface area (Å²) < 4.78 is 0. The van der Waals surface area contributed by atoms with E-state index >= 15 is 0 Å². The molecule has 0 atom stereocenters. The van der Waals surface area contributed by atoms with Gasteiger partial charge in [-0.3, -0.25) is 19.9 Å². The maximum atomic E-state index is 8.25. The fraction of sp³-hybridized carbons (Fsp3) is 0.0333. The maximum absolute atomic E-state index is 8.25. The Labute approximate surface area is 483 Å². The first-order valence-corrected chi connectivity index (χ1v) is 27.4. The second kappa shape index (κ2) is 30.7. The van der Waals surface area contributed by atoms with Gasteiger partial charge in [0.15, 0.2) is 0 Å². The molecule has 0 aliphatic rings. The summed E-state index contributed by atoms with van der Waals surface area (Å²) in [7, 11) is -1.96. The van der Waals surface area contributed by atoms with E-state index in [0.717, 1.165) is 56.2 Å². The molecule has 2 N–H and O–H groups in total. The van der Waals surface area contributed by atoms with Gasteiger partial charge in [-0.05, 0) is 84.9 Å². The number of pyridine rings is 4. The van der Waals surface area contributed by atoms with Crippen molar-refractivity contribution in [2.24, 2.45) is 0 Å². The number of nitrogens with one attached hydrogen (secondary N) is 2. The van der Waals surface area contributed by atoms with E-state index in [1.807, 2.05) is 24.3 Å². The van der Waals surface area contributed by atoms with Crippen molar-refractivity contribution in [1.82, 2.24) is 19.9 Å². The average molecular weight is 1260 g/mol. The molecule has 12 aromatic rings. The Morgan fingerprint density at radius 2 is 0.564 bits per heavy atom. The van der Waals surface area contributed by atoms with Gasteiger partial charge < -0.3 is 41.3 Å². The summed E-state index contributed by atoms with van der Waals surface area (Å²) in [5.41, 5.74) is 6.28. The summed E-state index contributed by atoms with van der Waals surface area (Å²) in [6.07, 6.45) is 9.05. The molecule has 0 saturated heterocycles. The molecule has 0 bridgehead atoms. The largest absolute Gasteiger partial charge is 1.00 e. The maximum Gasteiger partial charge on any atom is 1.00 e. The quantitative estimate of drug-likeness (QED) is 0.0431. The van der Waals surface area contributed by atoms with Crippen LogP contribution in [-0.4, -0.2) is 42.7 Å². The number of fused-ring (bicyclic) bond motifs is 7. The molecule has 12 rings (SSSR count). The molecule has 0 aliphatic carbocycles. The van der Waals surface area contributed by atoms with Gasteiger partial charge in [-0.25, -0.2) is 0 Å². The zero-order valence-corrected chi connectivity index (χ0v) is 46.4. The van der Waals surface area contributed by atoms with Gasteiger partial charge in [-0.2, -0.15) is 0 Å². The minimum Gasteiger partial charge on any atom is -0.356 e. The molecule has 4 aromatic heterocycles. The molecule has 0 unspecified atom stereocenters. The molecule has 14 nitrogen and oxygen atoms in total. The van der Waals surface area contributed by atoms with Crippen molar-refractivity contribution >= 4 is 103 Å². The molecular weight excluding hydrogens is 1210 g/mol. The summed E-state index contributed by atoms with van der Waals surface area (Å²) in [5, 5.41) is 49.9. The van der Waals surface area contributed by atoms with Crippen LogP contribution in [0.5, 0.6) is 0 Å². The van der Waals surface area contributed by atoms with E-state index in [2.05, 4.69) is 237 Å². The minimum absolute atomic E-state index is 0.